The Morgan fingerprint density at radius 1 is 1.69 bits per heavy atom. The number of carbonyl (C=O) groups excluding carboxylic acids is 1. The summed E-state index contributed by atoms with van der Waals surface area (Å²) in [6.07, 6.45) is 2.77. The predicted molar refractivity (Wildman–Crippen MR) is 59.6 cm³/mol. The molecule has 0 aromatic heterocycles. The van der Waals surface area contributed by atoms with Crippen molar-refractivity contribution in [3.63, 3.8) is 0 Å². The standard InChI is InChI=1S/C9H18N2O4S/c1-7(13)10-8-3-4-11(15-16(2)14)9(5-8)6-12/h8-9,12H,3-6H2,1-2H3,(H,10,13). The highest BCUT2D eigenvalue weighted by atomic mass is 32.2. The van der Waals surface area contributed by atoms with E-state index in [4.69, 9.17) is 4.28 Å². The van der Waals surface area contributed by atoms with Crippen molar-refractivity contribution in [2.45, 2.75) is 31.8 Å². The van der Waals surface area contributed by atoms with E-state index >= 15 is 0 Å². The van der Waals surface area contributed by atoms with E-state index < -0.39 is 11.1 Å². The summed E-state index contributed by atoms with van der Waals surface area (Å²) >= 11 is -1.38. The lowest BCUT2D eigenvalue weighted by Gasteiger charge is -2.36. The van der Waals surface area contributed by atoms with Gasteiger partial charge in [-0.2, -0.15) is 9.35 Å². The van der Waals surface area contributed by atoms with Crippen LogP contribution in [0.2, 0.25) is 0 Å². The van der Waals surface area contributed by atoms with Gasteiger partial charge in [-0.05, 0) is 12.8 Å². The highest BCUT2D eigenvalue weighted by Crippen LogP contribution is 2.18. The first-order valence-corrected chi connectivity index (χ1v) is 6.67. The highest BCUT2D eigenvalue weighted by molar-refractivity contribution is 7.79. The average molecular weight is 250 g/mol. The van der Waals surface area contributed by atoms with Crippen LogP contribution < -0.4 is 5.32 Å². The molecule has 0 aromatic carbocycles. The van der Waals surface area contributed by atoms with Crippen molar-refractivity contribution in [2.75, 3.05) is 19.4 Å². The van der Waals surface area contributed by atoms with Crippen LogP contribution in [0.5, 0.6) is 0 Å². The monoisotopic (exact) mass is 250 g/mol. The molecule has 1 amide bonds. The first-order valence-electron chi connectivity index (χ1n) is 5.19. The van der Waals surface area contributed by atoms with Crippen molar-refractivity contribution in [2.24, 2.45) is 0 Å². The molecule has 1 aliphatic heterocycles. The maximum absolute atomic E-state index is 10.9. The van der Waals surface area contributed by atoms with Gasteiger partial charge in [0.1, 0.15) is 0 Å². The number of carbonyl (C=O) groups is 1. The van der Waals surface area contributed by atoms with Gasteiger partial charge >= 0.3 is 0 Å². The summed E-state index contributed by atoms with van der Waals surface area (Å²) in [6.45, 7) is 1.95. The van der Waals surface area contributed by atoms with Gasteiger partial charge in [0.05, 0.1) is 12.6 Å². The van der Waals surface area contributed by atoms with E-state index in [0.717, 1.165) is 6.42 Å². The molecule has 16 heavy (non-hydrogen) atoms. The molecule has 6 nitrogen and oxygen atoms in total. The third kappa shape index (κ3) is 4.17. The lowest BCUT2D eigenvalue weighted by Crippen LogP contribution is -2.50. The zero-order valence-corrected chi connectivity index (χ0v) is 10.3. The molecule has 3 atom stereocenters. The van der Waals surface area contributed by atoms with Crippen molar-refractivity contribution < 1.29 is 18.4 Å². The number of nitrogens with one attached hydrogen (secondary N) is 1. The van der Waals surface area contributed by atoms with Gasteiger partial charge in [-0.3, -0.25) is 4.79 Å². The first-order chi connectivity index (χ1) is 7.52. The molecule has 0 bridgehead atoms. The fraction of sp³-hybridized carbons (Fsp3) is 0.889. The first kappa shape index (κ1) is 13.6. The van der Waals surface area contributed by atoms with Gasteiger partial charge in [-0.15, -0.1) is 0 Å². The summed E-state index contributed by atoms with van der Waals surface area (Å²) in [4.78, 5) is 10.9. The van der Waals surface area contributed by atoms with E-state index in [1.54, 1.807) is 0 Å². The van der Waals surface area contributed by atoms with Gasteiger partial charge in [0, 0.05) is 25.8 Å². The van der Waals surface area contributed by atoms with Crippen LogP contribution in [-0.2, 0) is 20.2 Å². The van der Waals surface area contributed by atoms with Crippen LogP contribution in [0, 0.1) is 0 Å². The molecule has 1 fully saturated rings. The molecule has 0 radical (unpaired) electrons. The van der Waals surface area contributed by atoms with Crippen LogP contribution in [0.4, 0.5) is 0 Å². The second-order valence-corrected chi connectivity index (χ2v) is 4.83. The fourth-order valence-electron chi connectivity index (χ4n) is 1.85. The third-order valence-electron chi connectivity index (χ3n) is 2.48. The normalized spacial score (nSPS) is 28.7. The Balaban J connectivity index is 2.49. The number of aliphatic hydroxyl groups is 1. The van der Waals surface area contributed by atoms with Gasteiger partial charge in [0.2, 0.25) is 5.91 Å². The van der Waals surface area contributed by atoms with Gasteiger partial charge in [-0.1, -0.05) is 0 Å². The summed E-state index contributed by atoms with van der Waals surface area (Å²) < 4.78 is 16.0. The van der Waals surface area contributed by atoms with Crippen LogP contribution in [0.3, 0.4) is 0 Å². The Kier molecular flexibility index (Phi) is 5.33. The lowest BCUT2D eigenvalue weighted by atomic mass is 9.99. The molecule has 7 heteroatoms. The third-order valence-corrected chi connectivity index (χ3v) is 2.88. The Labute approximate surface area is 97.6 Å². The summed E-state index contributed by atoms with van der Waals surface area (Å²) in [7, 11) is 0. The number of hydrogen-bond acceptors (Lipinski definition) is 5. The molecular weight excluding hydrogens is 232 g/mol. The average Bonchev–Trinajstić information content (AvgIpc) is 2.18. The zero-order valence-electron chi connectivity index (χ0n) is 9.51. The smallest absolute Gasteiger partial charge is 0.217 e. The zero-order chi connectivity index (χ0) is 12.1. The van der Waals surface area contributed by atoms with Crippen molar-refractivity contribution in [1.82, 2.24) is 10.4 Å². The molecule has 2 N–H and O–H groups in total. The molecule has 1 aliphatic rings. The van der Waals surface area contributed by atoms with E-state index in [2.05, 4.69) is 5.32 Å². The Morgan fingerprint density at radius 2 is 2.38 bits per heavy atom. The molecule has 0 aromatic rings. The largest absolute Gasteiger partial charge is 0.395 e. The molecule has 3 unspecified atom stereocenters. The van der Waals surface area contributed by atoms with Crippen LogP contribution in [-0.4, -0.2) is 51.8 Å². The molecule has 0 spiro atoms. The second-order valence-electron chi connectivity index (χ2n) is 3.87. The van der Waals surface area contributed by atoms with E-state index in [0.29, 0.717) is 13.0 Å². The van der Waals surface area contributed by atoms with E-state index in [1.165, 1.54) is 18.2 Å². The van der Waals surface area contributed by atoms with Crippen molar-refractivity contribution in [1.29, 1.82) is 0 Å². The van der Waals surface area contributed by atoms with E-state index in [-0.39, 0.29) is 24.6 Å². The quantitative estimate of drug-likeness (QED) is 0.681. The number of amides is 1. The highest BCUT2D eigenvalue weighted by Gasteiger charge is 2.30. The second kappa shape index (κ2) is 6.29. The molecular formula is C9H18N2O4S. The molecule has 1 rings (SSSR count). The number of hydrogen-bond donors (Lipinski definition) is 2. The molecule has 94 valence electrons. The van der Waals surface area contributed by atoms with Crippen LogP contribution in [0.15, 0.2) is 0 Å². The van der Waals surface area contributed by atoms with Gasteiger partial charge in [0.15, 0.2) is 11.1 Å². The SMILES string of the molecule is CC(=O)NC1CCN(OS(C)=O)C(CO)C1. The summed E-state index contributed by atoms with van der Waals surface area (Å²) in [5, 5.41) is 13.5. The molecule has 0 aliphatic carbocycles. The predicted octanol–water partition coefficient (Wildman–Crippen LogP) is -0.827. The minimum Gasteiger partial charge on any atom is -0.395 e. The van der Waals surface area contributed by atoms with Crippen molar-refractivity contribution in [3.8, 4) is 0 Å². The summed E-state index contributed by atoms with van der Waals surface area (Å²) in [6, 6.07) is -0.158. The van der Waals surface area contributed by atoms with Crippen LogP contribution in [0.25, 0.3) is 0 Å². The van der Waals surface area contributed by atoms with Crippen molar-refractivity contribution in [3.05, 3.63) is 0 Å². The van der Waals surface area contributed by atoms with Gasteiger partial charge < -0.3 is 10.4 Å². The number of piperidine rings is 1. The molecule has 0 saturated carbocycles. The maximum Gasteiger partial charge on any atom is 0.217 e. The summed E-state index contributed by atoms with van der Waals surface area (Å²) in [5.74, 6) is -0.0740. The Hall–Kier alpha value is -0.500. The minimum atomic E-state index is -1.38. The van der Waals surface area contributed by atoms with E-state index in [1.807, 2.05) is 0 Å². The lowest BCUT2D eigenvalue weighted by molar-refractivity contribution is -0.128. The van der Waals surface area contributed by atoms with E-state index in [9.17, 15) is 14.1 Å². The number of nitrogens with zero attached hydrogens (tertiary/aromatic N) is 1. The molecule has 1 saturated heterocycles. The van der Waals surface area contributed by atoms with Crippen LogP contribution >= 0.6 is 0 Å². The topological polar surface area (TPSA) is 78.9 Å². The van der Waals surface area contributed by atoms with Gasteiger partial charge in [-0.25, -0.2) is 4.21 Å². The molecule has 1 heterocycles. The fourth-order valence-corrected chi connectivity index (χ4v) is 2.31. The van der Waals surface area contributed by atoms with Crippen molar-refractivity contribution >= 4 is 17.0 Å². The Bertz CT molecular complexity index is 274. The van der Waals surface area contributed by atoms with Gasteiger partial charge in [0.25, 0.3) is 0 Å². The van der Waals surface area contributed by atoms with Crippen LogP contribution in [0.1, 0.15) is 19.8 Å². The number of aliphatic hydroxyl groups excluding tert-OH is 1. The number of rotatable bonds is 4. The maximum atomic E-state index is 10.9. The minimum absolute atomic E-state index is 0.0554. The number of hydroxylamine groups is 2. The Morgan fingerprint density at radius 3 is 2.88 bits per heavy atom. The summed E-state index contributed by atoms with van der Waals surface area (Å²) in [5.41, 5.74) is 0.